The number of aliphatic carboxylic acids is 1. The van der Waals surface area contributed by atoms with E-state index >= 15 is 0 Å². The largest absolute Gasteiger partial charge is 0.481 e. The molecule has 3 N–H and O–H groups in total. The van der Waals surface area contributed by atoms with Gasteiger partial charge in [0.2, 0.25) is 11.8 Å². The number of carbonyl (C=O) groups excluding carboxylic acids is 2. The van der Waals surface area contributed by atoms with Gasteiger partial charge in [-0.05, 0) is 37.3 Å². The van der Waals surface area contributed by atoms with Gasteiger partial charge in [0.15, 0.2) is 0 Å². The van der Waals surface area contributed by atoms with Crippen molar-refractivity contribution in [2.75, 3.05) is 18.8 Å². The number of amides is 2. The third-order valence-corrected chi connectivity index (χ3v) is 7.59. The number of nitrogens with one attached hydrogen (secondary N) is 2. The monoisotopic (exact) mass is 488 g/mol. The molecule has 8 nitrogen and oxygen atoms in total. The molecule has 1 aromatic rings. The predicted octanol–water partition coefficient (Wildman–Crippen LogP) is 2.38. The zero-order valence-corrected chi connectivity index (χ0v) is 19.9. The van der Waals surface area contributed by atoms with Crippen LogP contribution in [0.1, 0.15) is 32.1 Å². The number of carbonyl (C=O) groups is 3. The second kappa shape index (κ2) is 11.9. The Morgan fingerprint density at radius 1 is 0.912 bits per heavy atom. The molecule has 0 saturated carbocycles. The van der Waals surface area contributed by atoms with E-state index in [1.165, 1.54) is 0 Å². The van der Waals surface area contributed by atoms with Gasteiger partial charge in [-0.1, -0.05) is 30.4 Å². The van der Waals surface area contributed by atoms with Gasteiger partial charge in [0, 0.05) is 36.0 Å². The van der Waals surface area contributed by atoms with E-state index in [9.17, 15) is 14.4 Å². The molecule has 2 bridgehead atoms. The molecule has 34 heavy (non-hydrogen) atoms. The fourth-order valence-electron chi connectivity index (χ4n) is 4.84. The number of rotatable bonds is 14. The SMILES string of the molecule is O=C(O)CCC/C=C\CC1C(CNC(=O)CNC(=O)CCSc2ccccc2)C2OC1C1OC21. The van der Waals surface area contributed by atoms with Crippen molar-refractivity contribution in [2.45, 2.75) is 61.4 Å². The van der Waals surface area contributed by atoms with Crippen LogP contribution in [0.25, 0.3) is 0 Å². The number of unbranched alkanes of at least 4 members (excludes halogenated alkanes) is 1. The van der Waals surface area contributed by atoms with Gasteiger partial charge in [0.25, 0.3) is 0 Å². The van der Waals surface area contributed by atoms with Crippen molar-refractivity contribution >= 4 is 29.5 Å². The molecule has 6 atom stereocenters. The Hall–Kier alpha value is -2.36. The fourth-order valence-corrected chi connectivity index (χ4v) is 5.71. The first-order valence-electron chi connectivity index (χ1n) is 11.9. The molecule has 9 heteroatoms. The number of thioether (sulfide) groups is 1. The van der Waals surface area contributed by atoms with Crippen LogP contribution in [0.2, 0.25) is 0 Å². The molecule has 0 aromatic heterocycles. The van der Waals surface area contributed by atoms with Crippen LogP contribution >= 0.6 is 11.8 Å². The average Bonchev–Trinajstić information content (AvgIpc) is 3.45. The van der Waals surface area contributed by atoms with Gasteiger partial charge in [-0.15, -0.1) is 11.8 Å². The van der Waals surface area contributed by atoms with E-state index in [4.69, 9.17) is 14.6 Å². The lowest BCUT2D eigenvalue weighted by Crippen LogP contribution is -2.44. The smallest absolute Gasteiger partial charge is 0.303 e. The molecule has 184 valence electrons. The summed E-state index contributed by atoms with van der Waals surface area (Å²) in [6.07, 6.45) is 7.22. The topological polar surface area (TPSA) is 117 Å². The van der Waals surface area contributed by atoms with Gasteiger partial charge in [0.1, 0.15) is 12.2 Å². The minimum absolute atomic E-state index is 0.00492. The van der Waals surface area contributed by atoms with Crippen molar-refractivity contribution in [3.63, 3.8) is 0 Å². The maximum atomic E-state index is 12.3. The van der Waals surface area contributed by atoms with Crippen LogP contribution in [0.15, 0.2) is 47.4 Å². The molecule has 0 radical (unpaired) electrons. The number of carboxylic acid groups (broad SMARTS) is 1. The number of carboxylic acids is 1. The number of epoxide rings is 1. The fraction of sp³-hybridized carbons (Fsp3) is 0.560. The molecule has 0 aliphatic carbocycles. The molecule has 3 fully saturated rings. The summed E-state index contributed by atoms with van der Waals surface area (Å²) in [6.45, 7) is 0.455. The minimum atomic E-state index is -0.773. The van der Waals surface area contributed by atoms with E-state index in [1.54, 1.807) is 11.8 Å². The summed E-state index contributed by atoms with van der Waals surface area (Å²) in [7, 11) is 0. The number of fused-ring (bicyclic) bond motifs is 5. The predicted molar refractivity (Wildman–Crippen MR) is 127 cm³/mol. The highest BCUT2D eigenvalue weighted by Gasteiger charge is 2.68. The lowest BCUT2D eigenvalue weighted by molar-refractivity contribution is -0.137. The Morgan fingerprint density at radius 3 is 2.41 bits per heavy atom. The summed E-state index contributed by atoms with van der Waals surface area (Å²) >= 11 is 1.61. The van der Waals surface area contributed by atoms with E-state index in [-0.39, 0.29) is 61.0 Å². The quantitative estimate of drug-likeness (QED) is 0.159. The van der Waals surface area contributed by atoms with Crippen molar-refractivity contribution < 1.29 is 29.0 Å². The second-order valence-corrected chi connectivity index (χ2v) is 10.1. The normalized spacial score (nSPS) is 28.6. The number of benzene rings is 1. The van der Waals surface area contributed by atoms with E-state index in [1.807, 2.05) is 36.4 Å². The summed E-state index contributed by atoms with van der Waals surface area (Å²) in [5, 5.41) is 14.4. The average molecular weight is 489 g/mol. The third kappa shape index (κ3) is 6.61. The Kier molecular flexibility index (Phi) is 8.64. The Balaban J connectivity index is 1.14. The molecule has 3 heterocycles. The molecule has 0 spiro atoms. The lowest BCUT2D eigenvalue weighted by Gasteiger charge is -2.25. The highest BCUT2D eigenvalue weighted by atomic mass is 32.2. The molecule has 3 aliphatic heterocycles. The summed E-state index contributed by atoms with van der Waals surface area (Å²) in [6, 6.07) is 9.90. The zero-order valence-electron chi connectivity index (χ0n) is 19.1. The number of allylic oxidation sites excluding steroid dienone is 2. The van der Waals surface area contributed by atoms with Crippen LogP contribution in [0.3, 0.4) is 0 Å². The molecule has 6 unspecified atom stereocenters. The lowest BCUT2D eigenvalue weighted by atomic mass is 9.77. The van der Waals surface area contributed by atoms with Gasteiger partial charge in [-0.25, -0.2) is 0 Å². The van der Waals surface area contributed by atoms with Crippen molar-refractivity contribution in [3.8, 4) is 0 Å². The minimum Gasteiger partial charge on any atom is -0.481 e. The summed E-state index contributed by atoms with van der Waals surface area (Å²) < 4.78 is 11.9. The van der Waals surface area contributed by atoms with Gasteiger partial charge in [-0.2, -0.15) is 0 Å². The second-order valence-electron chi connectivity index (χ2n) is 8.94. The highest BCUT2D eigenvalue weighted by molar-refractivity contribution is 7.99. The molecule has 3 saturated heterocycles. The Bertz CT molecular complexity index is 895. The summed E-state index contributed by atoms with van der Waals surface area (Å²) in [4.78, 5) is 36.1. The number of hydrogen-bond donors (Lipinski definition) is 3. The highest BCUT2D eigenvalue weighted by Crippen LogP contribution is 2.54. The van der Waals surface area contributed by atoms with Crippen LogP contribution in [0, 0.1) is 11.8 Å². The van der Waals surface area contributed by atoms with E-state index in [0.717, 1.165) is 17.7 Å². The van der Waals surface area contributed by atoms with Crippen molar-refractivity contribution in [2.24, 2.45) is 11.8 Å². The van der Waals surface area contributed by atoms with Crippen molar-refractivity contribution in [1.82, 2.24) is 10.6 Å². The molecule has 4 rings (SSSR count). The Morgan fingerprint density at radius 2 is 1.65 bits per heavy atom. The molecule has 1 aromatic carbocycles. The van der Waals surface area contributed by atoms with Gasteiger partial charge in [0.05, 0.1) is 18.8 Å². The van der Waals surface area contributed by atoms with E-state index in [0.29, 0.717) is 25.1 Å². The van der Waals surface area contributed by atoms with E-state index < -0.39 is 5.97 Å². The standard InChI is InChI=1S/C25H32N2O6S/c28-19(12-13-34-16-8-4-3-5-9-16)27-15-20(29)26-14-18-17(10-6-1-2-7-11-21(30)31)22-24-25(33-24)23(18)32-22/h1,3-6,8-9,17-18,22-25H,2,7,10-15H2,(H,26,29)(H,27,28)(H,30,31)/b6-1-. The van der Waals surface area contributed by atoms with Gasteiger partial charge in [-0.3, -0.25) is 14.4 Å². The number of hydrogen-bond acceptors (Lipinski definition) is 6. The van der Waals surface area contributed by atoms with Gasteiger partial charge >= 0.3 is 5.97 Å². The van der Waals surface area contributed by atoms with Crippen molar-refractivity contribution in [3.05, 3.63) is 42.5 Å². The van der Waals surface area contributed by atoms with Crippen LogP contribution in [0.5, 0.6) is 0 Å². The maximum absolute atomic E-state index is 12.3. The Labute approximate surface area is 203 Å². The van der Waals surface area contributed by atoms with Gasteiger partial charge < -0.3 is 25.2 Å². The molecular formula is C25H32N2O6S. The first-order valence-corrected chi connectivity index (χ1v) is 12.9. The molecule has 3 aliphatic rings. The third-order valence-electron chi connectivity index (χ3n) is 6.58. The molecule has 2 amide bonds. The first-order chi connectivity index (χ1) is 16.5. The summed E-state index contributed by atoms with van der Waals surface area (Å²) in [5.41, 5.74) is 0. The van der Waals surface area contributed by atoms with Crippen LogP contribution in [-0.2, 0) is 23.9 Å². The van der Waals surface area contributed by atoms with Crippen LogP contribution in [-0.4, -0.2) is 66.1 Å². The van der Waals surface area contributed by atoms with Crippen LogP contribution < -0.4 is 10.6 Å². The van der Waals surface area contributed by atoms with Crippen LogP contribution in [0.4, 0.5) is 0 Å². The van der Waals surface area contributed by atoms with E-state index in [2.05, 4.69) is 16.7 Å². The first kappa shape index (κ1) is 24.8. The zero-order chi connectivity index (χ0) is 23.9. The summed E-state index contributed by atoms with van der Waals surface area (Å²) in [5.74, 6) is -0.0303. The number of ether oxygens (including phenoxy) is 2. The molecular weight excluding hydrogens is 456 g/mol. The van der Waals surface area contributed by atoms with Crippen molar-refractivity contribution in [1.29, 1.82) is 0 Å². The maximum Gasteiger partial charge on any atom is 0.303 e.